The number of anilines is 1. The van der Waals surface area contributed by atoms with E-state index >= 15 is 0 Å². The molecule has 3 nitrogen and oxygen atoms in total. The first-order chi connectivity index (χ1) is 8.72. The summed E-state index contributed by atoms with van der Waals surface area (Å²) in [6, 6.07) is 5.93. The van der Waals surface area contributed by atoms with Crippen molar-refractivity contribution >= 4 is 34.2 Å². The van der Waals surface area contributed by atoms with Gasteiger partial charge in [0.15, 0.2) is 0 Å². The molecular formula is C14H20INO2. The molecule has 0 fully saturated rings. The predicted octanol–water partition coefficient (Wildman–Crippen LogP) is 3.80. The first-order valence-corrected chi connectivity index (χ1v) is 7.86. The Labute approximate surface area is 122 Å². The number of amides is 1. The van der Waals surface area contributed by atoms with Crippen LogP contribution in [0.1, 0.15) is 32.3 Å². The Hall–Kier alpha value is -0.780. The van der Waals surface area contributed by atoms with Crippen LogP contribution < -0.4 is 10.1 Å². The number of aryl methyl sites for hydroxylation is 1. The second-order valence-corrected chi connectivity index (χ2v) is 4.84. The number of hydrogen-bond acceptors (Lipinski definition) is 2. The molecule has 1 aromatic rings. The van der Waals surface area contributed by atoms with Gasteiger partial charge in [-0.3, -0.25) is 4.79 Å². The molecule has 0 aliphatic carbocycles. The lowest BCUT2D eigenvalue weighted by Crippen LogP contribution is -2.14. The van der Waals surface area contributed by atoms with Crippen molar-refractivity contribution in [1.82, 2.24) is 0 Å². The molecule has 0 atom stereocenters. The molecule has 18 heavy (non-hydrogen) atoms. The summed E-state index contributed by atoms with van der Waals surface area (Å²) in [7, 11) is 0. The smallest absolute Gasteiger partial charge is 0.234 e. The van der Waals surface area contributed by atoms with Gasteiger partial charge in [-0.05, 0) is 24.5 Å². The zero-order valence-electron chi connectivity index (χ0n) is 11.0. The van der Waals surface area contributed by atoms with E-state index in [1.165, 1.54) is 0 Å². The predicted molar refractivity (Wildman–Crippen MR) is 83.7 cm³/mol. The number of para-hydroxylation sites is 1. The van der Waals surface area contributed by atoms with E-state index in [0.29, 0.717) is 11.0 Å². The van der Waals surface area contributed by atoms with Gasteiger partial charge in [-0.1, -0.05) is 55.0 Å². The van der Waals surface area contributed by atoms with Crippen LogP contribution in [0.25, 0.3) is 0 Å². The van der Waals surface area contributed by atoms with Gasteiger partial charge >= 0.3 is 0 Å². The van der Waals surface area contributed by atoms with Crippen LogP contribution in [0, 0.1) is 0 Å². The summed E-state index contributed by atoms with van der Waals surface area (Å²) < 4.78 is 6.25. The zero-order chi connectivity index (χ0) is 13.4. The van der Waals surface area contributed by atoms with Crippen LogP contribution in [0.5, 0.6) is 5.75 Å². The second kappa shape index (κ2) is 8.34. The molecular weight excluding hydrogens is 341 g/mol. The fourth-order valence-corrected chi connectivity index (χ4v) is 1.90. The summed E-state index contributed by atoms with van der Waals surface area (Å²) in [5.41, 5.74) is 1.95. The minimum Gasteiger partial charge on any atom is -0.491 e. The van der Waals surface area contributed by atoms with Crippen molar-refractivity contribution in [2.24, 2.45) is 0 Å². The fraction of sp³-hybridized carbons (Fsp3) is 0.500. The van der Waals surface area contributed by atoms with Crippen molar-refractivity contribution in [3.8, 4) is 5.75 Å². The van der Waals surface area contributed by atoms with E-state index in [1.807, 2.05) is 12.1 Å². The molecule has 100 valence electrons. The molecule has 0 aromatic heterocycles. The van der Waals surface area contributed by atoms with Gasteiger partial charge in [0.25, 0.3) is 0 Å². The van der Waals surface area contributed by atoms with E-state index in [9.17, 15) is 4.79 Å². The van der Waals surface area contributed by atoms with Crippen LogP contribution in [-0.2, 0) is 11.2 Å². The van der Waals surface area contributed by atoms with Crippen LogP contribution >= 0.6 is 22.6 Å². The Kier molecular flexibility index (Phi) is 7.08. The molecule has 1 N–H and O–H groups in total. The van der Waals surface area contributed by atoms with E-state index in [1.54, 1.807) is 0 Å². The number of halogens is 1. The number of alkyl halides is 1. The Bertz CT molecular complexity index is 393. The minimum absolute atomic E-state index is 0.00518. The fourth-order valence-electron chi connectivity index (χ4n) is 1.71. The standard InChI is InChI=1S/C14H20INO2/c1-3-6-11-7-5-8-12(16-13(17)10-15)14(11)18-9-4-2/h5,7-8H,3-4,6,9-10H2,1-2H3,(H,16,17). The average Bonchev–Trinajstić information content (AvgIpc) is 2.38. The molecule has 1 amide bonds. The molecule has 0 aliphatic heterocycles. The van der Waals surface area contributed by atoms with Gasteiger partial charge in [0.2, 0.25) is 5.91 Å². The van der Waals surface area contributed by atoms with Crippen molar-refractivity contribution in [3.63, 3.8) is 0 Å². The molecule has 0 saturated carbocycles. The van der Waals surface area contributed by atoms with Crippen molar-refractivity contribution in [2.75, 3.05) is 16.4 Å². The van der Waals surface area contributed by atoms with E-state index in [-0.39, 0.29) is 5.91 Å². The Morgan fingerprint density at radius 1 is 1.33 bits per heavy atom. The van der Waals surface area contributed by atoms with Gasteiger partial charge in [-0.2, -0.15) is 0 Å². The summed E-state index contributed by atoms with van der Waals surface area (Å²) in [5, 5.41) is 2.90. The van der Waals surface area contributed by atoms with Crippen LogP contribution in [0.15, 0.2) is 18.2 Å². The highest BCUT2D eigenvalue weighted by molar-refractivity contribution is 14.1. The highest BCUT2D eigenvalue weighted by Crippen LogP contribution is 2.30. The lowest BCUT2D eigenvalue weighted by molar-refractivity contribution is -0.113. The topological polar surface area (TPSA) is 38.3 Å². The molecule has 0 bridgehead atoms. The summed E-state index contributed by atoms with van der Waals surface area (Å²) in [4.78, 5) is 11.5. The third-order valence-corrected chi connectivity index (χ3v) is 3.15. The summed E-state index contributed by atoms with van der Waals surface area (Å²) in [6.45, 7) is 4.89. The van der Waals surface area contributed by atoms with Crippen molar-refractivity contribution in [1.29, 1.82) is 0 Å². The lowest BCUT2D eigenvalue weighted by atomic mass is 10.1. The van der Waals surface area contributed by atoms with E-state index < -0.39 is 0 Å². The highest BCUT2D eigenvalue weighted by Gasteiger charge is 2.11. The molecule has 0 spiro atoms. The quantitative estimate of drug-likeness (QED) is 0.593. The maximum Gasteiger partial charge on any atom is 0.234 e. The second-order valence-electron chi connectivity index (χ2n) is 4.07. The van der Waals surface area contributed by atoms with E-state index in [2.05, 4.69) is 47.8 Å². The minimum atomic E-state index is 0.00518. The van der Waals surface area contributed by atoms with Gasteiger partial charge in [0, 0.05) is 0 Å². The van der Waals surface area contributed by atoms with Gasteiger partial charge in [-0.15, -0.1) is 0 Å². The third kappa shape index (κ3) is 4.48. The largest absolute Gasteiger partial charge is 0.491 e. The molecule has 4 heteroatoms. The molecule has 0 radical (unpaired) electrons. The maximum atomic E-state index is 11.5. The number of carbonyl (C=O) groups excluding carboxylic acids is 1. The molecule has 1 aromatic carbocycles. The Morgan fingerprint density at radius 3 is 2.72 bits per heavy atom. The molecule has 0 aliphatic rings. The first kappa shape index (κ1) is 15.3. The van der Waals surface area contributed by atoms with Crippen LogP contribution in [0.3, 0.4) is 0 Å². The monoisotopic (exact) mass is 361 g/mol. The van der Waals surface area contributed by atoms with Gasteiger partial charge in [-0.25, -0.2) is 0 Å². The highest BCUT2D eigenvalue weighted by atomic mass is 127. The molecule has 0 unspecified atom stereocenters. The number of benzene rings is 1. The first-order valence-electron chi connectivity index (χ1n) is 6.33. The number of nitrogens with one attached hydrogen (secondary N) is 1. The van der Waals surface area contributed by atoms with E-state index in [4.69, 9.17) is 4.74 Å². The lowest BCUT2D eigenvalue weighted by Gasteiger charge is -2.15. The SMILES string of the molecule is CCCOc1c(CCC)cccc1NC(=O)CI. The molecule has 0 saturated heterocycles. The third-order valence-electron chi connectivity index (χ3n) is 2.46. The summed E-state index contributed by atoms with van der Waals surface area (Å²) >= 11 is 2.05. The van der Waals surface area contributed by atoms with Crippen molar-refractivity contribution < 1.29 is 9.53 Å². The number of carbonyl (C=O) groups is 1. The van der Waals surface area contributed by atoms with Crippen molar-refractivity contribution in [2.45, 2.75) is 33.1 Å². The molecule has 0 heterocycles. The van der Waals surface area contributed by atoms with Gasteiger partial charge in [0.05, 0.1) is 16.7 Å². The number of hydrogen-bond donors (Lipinski definition) is 1. The number of ether oxygens (including phenoxy) is 1. The normalized spacial score (nSPS) is 10.2. The van der Waals surface area contributed by atoms with Crippen molar-refractivity contribution in [3.05, 3.63) is 23.8 Å². The Morgan fingerprint density at radius 2 is 2.11 bits per heavy atom. The zero-order valence-corrected chi connectivity index (χ0v) is 13.1. The van der Waals surface area contributed by atoms with Gasteiger partial charge < -0.3 is 10.1 Å². The van der Waals surface area contributed by atoms with E-state index in [0.717, 1.165) is 36.3 Å². The maximum absolute atomic E-state index is 11.5. The number of rotatable bonds is 7. The summed E-state index contributed by atoms with van der Waals surface area (Å²) in [5.74, 6) is 0.838. The van der Waals surface area contributed by atoms with Crippen LogP contribution in [0.2, 0.25) is 0 Å². The average molecular weight is 361 g/mol. The van der Waals surface area contributed by atoms with Crippen LogP contribution in [0.4, 0.5) is 5.69 Å². The summed E-state index contributed by atoms with van der Waals surface area (Å²) in [6.07, 6.45) is 2.99. The van der Waals surface area contributed by atoms with Crippen LogP contribution in [-0.4, -0.2) is 16.9 Å². The Balaban J connectivity index is 2.98. The van der Waals surface area contributed by atoms with Gasteiger partial charge in [0.1, 0.15) is 5.75 Å². The molecule has 1 rings (SSSR count).